The van der Waals surface area contributed by atoms with Gasteiger partial charge in [-0.3, -0.25) is 14.0 Å². The Bertz CT molecular complexity index is 1380. The van der Waals surface area contributed by atoms with Crippen LogP contribution in [0.1, 0.15) is 42.5 Å². The summed E-state index contributed by atoms with van der Waals surface area (Å²) in [6.07, 6.45) is 11.0. The second-order valence-electron chi connectivity index (χ2n) is 9.09. The number of rotatable bonds is 7. The number of benzene rings is 1. The number of hydrogen-bond donors (Lipinski definition) is 1. The van der Waals surface area contributed by atoms with Crippen LogP contribution in [-0.2, 0) is 9.59 Å². The number of pyridine rings is 1. The molecule has 2 aliphatic heterocycles. The number of likely N-dealkylation sites (tertiary alicyclic amines) is 1. The van der Waals surface area contributed by atoms with Crippen LogP contribution < -0.4 is 5.32 Å². The number of nitrogens with one attached hydrogen (secondary N) is 1. The molecule has 1 aromatic carbocycles. The Labute approximate surface area is 214 Å². The molecule has 0 aliphatic carbocycles. The van der Waals surface area contributed by atoms with Crippen molar-refractivity contribution < 1.29 is 9.59 Å². The van der Waals surface area contributed by atoms with E-state index in [-0.39, 0.29) is 11.8 Å². The number of hydrogen-bond acceptors (Lipinski definition) is 5. The van der Waals surface area contributed by atoms with Gasteiger partial charge in [0.15, 0.2) is 0 Å². The third-order valence-electron chi connectivity index (χ3n) is 6.70. The predicted octanol–water partition coefficient (Wildman–Crippen LogP) is 4.50. The number of thioether (sulfide) groups is 1. The first-order chi connectivity index (χ1) is 17.6. The van der Waals surface area contributed by atoms with Gasteiger partial charge in [0.25, 0.3) is 5.91 Å². The largest absolute Gasteiger partial charge is 0.352 e. The highest BCUT2D eigenvalue weighted by Crippen LogP contribution is 2.34. The lowest BCUT2D eigenvalue weighted by Crippen LogP contribution is -2.37. The zero-order valence-electron chi connectivity index (χ0n) is 19.9. The molecule has 0 radical (unpaired) electrons. The maximum Gasteiger partial charge on any atom is 0.258 e. The third kappa shape index (κ3) is 5.37. The van der Waals surface area contributed by atoms with E-state index in [4.69, 9.17) is 5.26 Å². The molecule has 2 aliphatic rings. The highest BCUT2D eigenvalue weighted by atomic mass is 32.2. The number of nitriles is 1. The first-order valence-electron chi connectivity index (χ1n) is 12.2. The SMILES string of the molecule is N#Cc1ccc(/C=C/C(=O)N2CCC(CCCNC(=O)C3=Cc4cnc5cccc(n45)S3)CC2)cc1. The maximum absolute atomic E-state index is 12.7. The third-order valence-corrected chi connectivity index (χ3v) is 7.75. The van der Waals surface area contributed by atoms with Gasteiger partial charge in [-0.05, 0) is 73.6 Å². The first kappa shape index (κ1) is 23.9. The van der Waals surface area contributed by atoms with Crippen LogP contribution in [0.15, 0.2) is 64.7 Å². The first-order valence-corrected chi connectivity index (χ1v) is 13.0. The van der Waals surface area contributed by atoms with Crippen LogP contribution in [0.25, 0.3) is 17.8 Å². The summed E-state index contributed by atoms with van der Waals surface area (Å²) in [6, 6.07) is 15.2. The van der Waals surface area contributed by atoms with Gasteiger partial charge in [-0.2, -0.15) is 5.26 Å². The molecular weight excluding hydrogens is 470 g/mol. The lowest BCUT2D eigenvalue weighted by Gasteiger charge is -2.31. The molecule has 36 heavy (non-hydrogen) atoms. The van der Waals surface area contributed by atoms with Crippen molar-refractivity contribution in [1.82, 2.24) is 19.6 Å². The van der Waals surface area contributed by atoms with E-state index in [1.807, 2.05) is 41.3 Å². The molecule has 5 rings (SSSR count). The zero-order valence-corrected chi connectivity index (χ0v) is 20.7. The van der Waals surface area contributed by atoms with Crippen molar-refractivity contribution >= 4 is 41.4 Å². The summed E-state index contributed by atoms with van der Waals surface area (Å²) < 4.78 is 2.06. The molecule has 0 bridgehead atoms. The Morgan fingerprint density at radius 1 is 1.17 bits per heavy atom. The minimum absolute atomic E-state index is 0.0281. The Hall–Kier alpha value is -3.83. The van der Waals surface area contributed by atoms with Gasteiger partial charge in [0.2, 0.25) is 5.91 Å². The molecule has 0 spiro atoms. The minimum atomic E-state index is -0.0427. The van der Waals surface area contributed by atoms with Crippen LogP contribution in [-0.4, -0.2) is 45.7 Å². The van der Waals surface area contributed by atoms with E-state index in [1.54, 1.807) is 30.5 Å². The monoisotopic (exact) mass is 497 g/mol. The Kier molecular flexibility index (Phi) is 7.19. The van der Waals surface area contributed by atoms with Gasteiger partial charge in [0, 0.05) is 25.7 Å². The van der Waals surface area contributed by atoms with Crippen molar-refractivity contribution in [2.24, 2.45) is 5.92 Å². The summed E-state index contributed by atoms with van der Waals surface area (Å²) in [5.74, 6) is 0.558. The lowest BCUT2D eigenvalue weighted by atomic mass is 9.92. The summed E-state index contributed by atoms with van der Waals surface area (Å²) in [5.41, 5.74) is 3.33. The molecule has 1 N–H and O–H groups in total. The second kappa shape index (κ2) is 10.8. The van der Waals surface area contributed by atoms with Gasteiger partial charge in [-0.1, -0.05) is 30.0 Å². The molecule has 7 nitrogen and oxygen atoms in total. The predicted molar refractivity (Wildman–Crippen MR) is 141 cm³/mol. The second-order valence-corrected chi connectivity index (χ2v) is 10.1. The topological polar surface area (TPSA) is 90.5 Å². The number of amides is 2. The lowest BCUT2D eigenvalue weighted by molar-refractivity contribution is -0.127. The van der Waals surface area contributed by atoms with Gasteiger partial charge in [-0.15, -0.1) is 0 Å². The number of carbonyl (C=O) groups is 2. The van der Waals surface area contributed by atoms with Crippen molar-refractivity contribution in [3.8, 4) is 6.07 Å². The Balaban J connectivity index is 1.02. The summed E-state index contributed by atoms with van der Waals surface area (Å²) in [6.45, 7) is 2.17. The molecule has 8 heteroatoms. The number of aromatic nitrogens is 2. The normalized spacial score (nSPS) is 15.6. The summed E-state index contributed by atoms with van der Waals surface area (Å²) in [5, 5.41) is 12.9. The average molecular weight is 498 g/mol. The Morgan fingerprint density at radius 3 is 2.75 bits per heavy atom. The molecular formula is C28H27N5O2S. The Morgan fingerprint density at radius 2 is 1.97 bits per heavy atom. The van der Waals surface area contributed by atoms with Crippen molar-refractivity contribution in [1.29, 1.82) is 5.26 Å². The molecule has 2 amide bonds. The van der Waals surface area contributed by atoms with Crippen LogP contribution in [0.5, 0.6) is 0 Å². The van der Waals surface area contributed by atoms with Gasteiger partial charge in [-0.25, -0.2) is 4.98 Å². The van der Waals surface area contributed by atoms with Gasteiger partial charge in [0.1, 0.15) is 5.65 Å². The van der Waals surface area contributed by atoms with Gasteiger partial charge in [0.05, 0.1) is 33.5 Å². The smallest absolute Gasteiger partial charge is 0.258 e. The fourth-order valence-corrected chi connectivity index (χ4v) is 5.67. The van der Waals surface area contributed by atoms with Crippen molar-refractivity contribution in [2.45, 2.75) is 30.7 Å². The highest BCUT2D eigenvalue weighted by molar-refractivity contribution is 8.04. The zero-order chi connectivity index (χ0) is 24.9. The molecule has 2 aromatic heterocycles. The van der Waals surface area contributed by atoms with Crippen LogP contribution >= 0.6 is 11.8 Å². The summed E-state index contributed by atoms with van der Waals surface area (Å²) in [4.78, 5) is 32.2. The fraction of sp³-hybridized carbons (Fsp3) is 0.286. The van der Waals surface area contributed by atoms with Crippen molar-refractivity contribution in [3.05, 3.63) is 76.5 Å². The highest BCUT2D eigenvalue weighted by Gasteiger charge is 2.22. The average Bonchev–Trinajstić information content (AvgIpc) is 3.34. The number of piperidine rings is 1. The quantitative estimate of drug-likeness (QED) is 0.383. The van der Waals surface area contributed by atoms with Crippen LogP contribution in [0.4, 0.5) is 0 Å². The van der Waals surface area contributed by atoms with E-state index in [2.05, 4.69) is 20.8 Å². The molecule has 1 fully saturated rings. The number of imidazole rings is 1. The van der Waals surface area contributed by atoms with Gasteiger partial charge >= 0.3 is 0 Å². The molecule has 182 valence electrons. The molecule has 3 aromatic rings. The van der Waals surface area contributed by atoms with Crippen LogP contribution in [0.2, 0.25) is 0 Å². The van der Waals surface area contributed by atoms with E-state index < -0.39 is 0 Å². The van der Waals surface area contributed by atoms with Crippen molar-refractivity contribution in [2.75, 3.05) is 19.6 Å². The van der Waals surface area contributed by atoms with E-state index in [0.29, 0.717) is 22.9 Å². The molecule has 1 saturated heterocycles. The van der Waals surface area contributed by atoms with Gasteiger partial charge < -0.3 is 10.2 Å². The van der Waals surface area contributed by atoms with E-state index in [9.17, 15) is 9.59 Å². The minimum Gasteiger partial charge on any atom is -0.352 e. The van der Waals surface area contributed by atoms with Crippen LogP contribution in [0.3, 0.4) is 0 Å². The summed E-state index contributed by atoms with van der Waals surface area (Å²) in [7, 11) is 0. The molecule has 0 atom stereocenters. The standard InChI is InChI=1S/C28H27N5O2S/c29-18-22-8-6-21(7-9-22)10-11-26(34)32-15-12-20(13-16-32)3-2-14-30-28(35)24-17-23-19-31-25-4-1-5-27(36-24)33(23)25/h1,4-11,17,19-20H,2-3,12-16H2,(H,30,35)/b11-10+. The maximum atomic E-state index is 12.7. The molecule has 4 heterocycles. The molecule has 0 unspecified atom stereocenters. The number of nitrogens with zero attached hydrogens (tertiary/aromatic N) is 4. The van der Waals surface area contributed by atoms with E-state index >= 15 is 0 Å². The van der Waals surface area contributed by atoms with Crippen LogP contribution in [0, 0.1) is 17.2 Å². The fourth-order valence-electron chi connectivity index (χ4n) is 4.66. The number of carbonyl (C=O) groups excluding carboxylic acids is 2. The van der Waals surface area contributed by atoms with E-state index in [1.165, 1.54) is 11.8 Å². The van der Waals surface area contributed by atoms with Crippen molar-refractivity contribution in [3.63, 3.8) is 0 Å². The summed E-state index contributed by atoms with van der Waals surface area (Å²) >= 11 is 1.47. The molecule has 0 saturated carbocycles. The van der Waals surface area contributed by atoms with E-state index in [0.717, 1.165) is 60.7 Å².